The highest BCUT2D eigenvalue weighted by Gasteiger charge is 1.78. The minimum Gasteiger partial charge on any atom is -0.405 e. The molecule has 0 saturated carbocycles. The predicted molar refractivity (Wildman–Crippen MR) is 34.0 cm³/mol. The molecule has 1 rings (SSSR count). The van der Waals surface area contributed by atoms with Crippen molar-refractivity contribution in [2.75, 3.05) is 0 Å². The van der Waals surface area contributed by atoms with Crippen molar-refractivity contribution in [2.45, 2.75) is 0 Å². The summed E-state index contributed by atoms with van der Waals surface area (Å²) in [5.74, 6) is 0. The summed E-state index contributed by atoms with van der Waals surface area (Å²) in [6.45, 7) is 0. The summed E-state index contributed by atoms with van der Waals surface area (Å²) in [4.78, 5) is 2.97. The molecule has 0 bridgehead atoms. The van der Waals surface area contributed by atoms with Crippen molar-refractivity contribution in [1.82, 2.24) is 4.98 Å². The van der Waals surface area contributed by atoms with Crippen LogP contribution in [0.5, 0.6) is 0 Å². The lowest BCUT2D eigenvalue weighted by molar-refractivity contribution is 1.37. The van der Waals surface area contributed by atoms with E-state index in [9.17, 15) is 0 Å². The lowest BCUT2D eigenvalue weighted by Gasteiger charge is -1.78. The molecule has 42 valence electrons. The minimum atomic E-state index is 1.03. The van der Waals surface area contributed by atoms with Crippen LogP contribution in [-0.2, 0) is 0 Å². The Morgan fingerprint density at radius 1 is 1.62 bits per heavy atom. The van der Waals surface area contributed by atoms with Crippen molar-refractivity contribution in [3.8, 4) is 0 Å². The van der Waals surface area contributed by atoms with Crippen LogP contribution in [0.3, 0.4) is 0 Å². The van der Waals surface area contributed by atoms with Crippen molar-refractivity contribution in [3.05, 3.63) is 30.2 Å². The summed E-state index contributed by atoms with van der Waals surface area (Å²) in [5, 5.41) is 0. The van der Waals surface area contributed by atoms with Gasteiger partial charge in [0.05, 0.1) is 0 Å². The molecule has 1 aromatic rings. The van der Waals surface area contributed by atoms with E-state index in [0.717, 1.165) is 5.69 Å². The monoisotopic (exact) mass is 108 g/mol. The number of aromatic amines is 1. The van der Waals surface area contributed by atoms with Crippen LogP contribution in [-0.4, -0.2) is 4.98 Å². The second-order valence-corrected chi connectivity index (χ2v) is 1.48. The van der Waals surface area contributed by atoms with Crippen LogP contribution in [0.4, 0.5) is 0 Å². The highest BCUT2D eigenvalue weighted by Crippen LogP contribution is 1.94. The van der Waals surface area contributed by atoms with Crippen LogP contribution in [0.1, 0.15) is 5.69 Å². The van der Waals surface area contributed by atoms with E-state index < -0.39 is 0 Å². The van der Waals surface area contributed by atoms with E-state index in [0.29, 0.717) is 0 Å². The van der Waals surface area contributed by atoms with Gasteiger partial charge in [-0.05, 0) is 24.4 Å². The molecule has 0 aliphatic heterocycles. The first-order valence-electron chi connectivity index (χ1n) is 2.45. The Hall–Kier alpha value is -1.18. The van der Waals surface area contributed by atoms with Gasteiger partial charge < -0.3 is 10.7 Å². The molecule has 0 saturated heterocycles. The smallest absolute Gasteiger partial charge is 0.0394 e. The molecule has 0 amide bonds. The first kappa shape index (κ1) is 4.97. The average Bonchev–Trinajstić information content (AvgIpc) is 2.19. The highest BCUT2D eigenvalue weighted by molar-refractivity contribution is 5.43. The number of hydrogen-bond donors (Lipinski definition) is 2. The lowest BCUT2D eigenvalue weighted by atomic mass is 10.4. The molecular formula is C6H8N2. The van der Waals surface area contributed by atoms with Gasteiger partial charge in [-0.15, -0.1) is 0 Å². The number of nitrogens with two attached hydrogens (primary N) is 1. The van der Waals surface area contributed by atoms with Crippen LogP contribution < -0.4 is 5.73 Å². The lowest BCUT2D eigenvalue weighted by Crippen LogP contribution is -1.75. The molecule has 0 atom stereocenters. The molecule has 0 radical (unpaired) electrons. The van der Waals surface area contributed by atoms with Crippen molar-refractivity contribution >= 4 is 6.08 Å². The van der Waals surface area contributed by atoms with E-state index in [1.54, 1.807) is 6.08 Å². The third-order valence-electron chi connectivity index (χ3n) is 0.898. The zero-order chi connectivity index (χ0) is 5.82. The summed E-state index contributed by atoms with van der Waals surface area (Å²) in [5.41, 5.74) is 6.15. The van der Waals surface area contributed by atoms with E-state index in [4.69, 9.17) is 5.73 Å². The molecule has 8 heavy (non-hydrogen) atoms. The van der Waals surface area contributed by atoms with Crippen LogP contribution in [0.15, 0.2) is 24.5 Å². The Morgan fingerprint density at radius 2 is 2.50 bits per heavy atom. The van der Waals surface area contributed by atoms with Gasteiger partial charge in [-0.2, -0.15) is 0 Å². The van der Waals surface area contributed by atoms with Gasteiger partial charge >= 0.3 is 0 Å². The number of rotatable bonds is 1. The van der Waals surface area contributed by atoms with E-state index in [1.807, 2.05) is 18.3 Å². The van der Waals surface area contributed by atoms with Crippen molar-refractivity contribution in [3.63, 3.8) is 0 Å². The molecular weight excluding hydrogens is 100 g/mol. The number of hydrogen-bond acceptors (Lipinski definition) is 1. The number of aromatic nitrogens is 1. The summed E-state index contributed by atoms with van der Waals surface area (Å²) < 4.78 is 0. The Kier molecular flexibility index (Phi) is 1.37. The molecule has 0 aliphatic rings. The summed E-state index contributed by atoms with van der Waals surface area (Å²) in [6.07, 6.45) is 5.17. The third-order valence-corrected chi connectivity index (χ3v) is 0.898. The fourth-order valence-corrected chi connectivity index (χ4v) is 0.552. The van der Waals surface area contributed by atoms with Crippen LogP contribution >= 0.6 is 0 Å². The fourth-order valence-electron chi connectivity index (χ4n) is 0.552. The van der Waals surface area contributed by atoms with Gasteiger partial charge in [0, 0.05) is 11.9 Å². The minimum absolute atomic E-state index is 1.03. The molecule has 0 unspecified atom stereocenters. The molecule has 3 N–H and O–H groups in total. The molecule has 0 aliphatic carbocycles. The Morgan fingerprint density at radius 3 is 3.00 bits per heavy atom. The van der Waals surface area contributed by atoms with Gasteiger partial charge in [0.15, 0.2) is 0 Å². The zero-order valence-electron chi connectivity index (χ0n) is 4.46. The molecule has 0 fully saturated rings. The first-order valence-corrected chi connectivity index (χ1v) is 2.45. The van der Waals surface area contributed by atoms with Crippen LogP contribution in [0.2, 0.25) is 0 Å². The highest BCUT2D eigenvalue weighted by atomic mass is 14.7. The van der Waals surface area contributed by atoms with E-state index in [2.05, 4.69) is 4.98 Å². The predicted octanol–water partition coefficient (Wildman–Crippen LogP) is 0.944. The quantitative estimate of drug-likeness (QED) is 0.552. The van der Waals surface area contributed by atoms with Gasteiger partial charge in [0.25, 0.3) is 0 Å². The summed E-state index contributed by atoms with van der Waals surface area (Å²) in [6, 6.07) is 3.87. The normalized spacial score (nSPS) is 10.5. The Labute approximate surface area is 48.0 Å². The van der Waals surface area contributed by atoms with Crippen molar-refractivity contribution in [1.29, 1.82) is 0 Å². The summed E-state index contributed by atoms with van der Waals surface area (Å²) in [7, 11) is 0. The van der Waals surface area contributed by atoms with E-state index >= 15 is 0 Å². The Balaban J connectivity index is 2.77. The molecule has 2 heteroatoms. The standard InChI is InChI=1S/C6H8N2/c7-4-3-6-2-1-5-8-6/h1-5,8H,7H2. The van der Waals surface area contributed by atoms with Crippen molar-refractivity contribution in [2.24, 2.45) is 5.73 Å². The largest absolute Gasteiger partial charge is 0.405 e. The maximum atomic E-state index is 5.12. The maximum absolute atomic E-state index is 5.12. The fraction of sp³-hybridized carbons (Fsp3) is 0. The second-order valence-electron chi connectivity index (χ2n) is 1.48. The molecule has 1 aromatic heterocycles. The van der Waals surface area contributed by atoms with Gasteiger partial charge in [0.1, 0.15) is 0 Å². The SMILES string of the molecule is NC=Cc1ccc[nH]1. The molecule has 1 heterocycles. The van der Waals surface area contributed by atoms with Crippen molar-refractivity contribution < 1.29 is 0 Å². The maximum Gasteiger partial charge on any atom is 0.0394 e. The molecule has 0 aromatic carbocycles. The Bertz CT molecular complexity index is 163. The first-order chi connectivity index (χ1) is 3.93. The zero-order valence-corrected chi connectivity index (χ0v) is 4.46. The van der Waals surface area contributed by atoms with Crippen LogP contribution in [0.25, 0.3) is 6.08 Å². The number of H-pyrrole nitrogens is 1. The molecule has 2 nitrogen and oxygen atoms in total. The van der Waals surface area contributed by atoms with E-state index in [-0.39, 0.29) is 0 Å². The van der Waals surface area contributed by atoms with Gasteiger partial charge in [0.2, 0.25) is 0 Å². The van der Waals surface area contributed by atoms with Gasteiger partial charge in [-0.3, -0.25) is 0 Å². The average molecular weight is 108 g/mol. The van der Waals surface area contributed by atoms with Gasteiger partial charge in [-0.25, -0.2) is 0 Å². The van der Waals surface area contributed by atoms with Crippen LogP contribution in [0, 0.1) is 0 Å². The summed E-state index contributed by atoms with van der Waals surface area (Å²) >= 11 is 0. The number of nitrogens with one attached hydrogen (secondary N) is 1. The van der Waals surface area contributed by atoms with E-state index in [1.165, 1.54) is 6.20 Å². The topological polar surface area (TPSA) is 41.8 Å². The second kappa shape index (κ2) is 2.21. The van der Waals surface area contributed by atoms with Gasteiger partial charge in [-0.1, -0.05) is 0 Å². The molecule has 0 spiro atoms. The third kappa shape index (κ3) is 0.904.